The van der Waals surface area contributed by atoms with Gasteiger partial charge in [-0.05, 0) is 17.5 Å². The molecule has 0 fully saturated rings. The van der Waals surface area contributed by atoms with Gasteiger partial charge in [-0.25, -0.2) is 0 Å². The van der Waals surface area contributed by atoms with Crippen LogP contribution < -0.4 is 0 Å². The van der Waals surface area contributed by atoms with Crippen molar-refractivity contribution in [2.45, 2.75) is 19.4 Å². The van der Waals surface area contributed by atoms with E-state index in [2.05, 4.69) is 4.98 Å². The molecule has 0 aliphatic carbocycles. The van der Waals surface area contributed by atoms with Gasteiger partial charge in [-0.3, -0.25) is 9.78 Å². The van der Waals surface area contributed by atoms with Crippen LogP contribution in [0.3, 0.4) is 0 Å². The molecular weight excluding hydrogens is 182 g/mol. The molecule has 1 aromatic heterocycles. The molecular formula is C10H13NO3. The summed E-state index contributed by atoms with van der Waals surface area (Å²) in [5.74, 6) is -1.21. The summed E-state index contributed by atoms with van der Waals surface area (Å²) < 4.78 is 0. The highest BCUT2D eigenvalue weighted by Crippen LogP contribution is 2.23. The van der Waals surface area contributed by atoms with E-state index in [0.717, 1.165) is 0 Å². The van der Waals surface area contributed by atoms with Crippen LogP contribution in [0.2, 0.25) is 0 Å². The minimum absolute atomic E-state index is 0.0456. The zero-order valence-electron chi connectivity index (χ0n) is 7.92. The first-order valence-corrected chi connectivity index (χ1v) is 4.41. The van der Waals surface area contributed by atoms with Gasteiger partial charge in [0, 0.05) is 12.4 Å². The molecule has 0 amide bonds. The SMILES string of the molecule is CC(CC(=O)O)C(O)c1cccnc1. The summed E-state index contributed by atoms with van der Waals surface area (Å²) in [7, 11) is 0. The molecule has 14 heavy (non-hydrogen) atoms. The van der Waals surface area contributed by atoms with E-state index in [-0.39, 0.29) is 12.3 Å². The minimum atomic E-state index is -0.902. The molecule has 1 rings (SSSR count). The third-order valence-corrected chi connectivity index (χ3v) is 2.06. The van der Waals surface area contributed by atoms with Crippen molar-refractivity contribution in [2.24, 2.45) is 5.92 Å². The Morgan fingerprint density at radius 2 is 2.36 bits per heavy atom. The van der Waals surface area contributed by atoms with Crippen molar-refractivity contribution < 1.29 is 15.0 Å². The molecule has 2 N–H and O–H groups in total. The van der Waals surface area contributed by atoms with Gasteiger partial charge in [0.05, 0.1) is 12.5 Å². The molecule has 4 heteroatoms. The Morgan fingerprint density at radius 3 is 2.86 bits per heavy atom. The van der Waals surface area contributed by atoms with Crippen LogP contribution in [0.25, 0.3) is 0 Å². The van der Waals surface area contributed by atoms with Gasteiger partial charge in [0.2, 0.25) is 0 Å². The lowest BCUT2D eigenvalue weighted by Gasteiger charge is -2.16. The summed E-state index contributed by atoms with van der Waals surface area (Å²) in [5, 5.41) is 18.3. The molecule has 1 heterocycles. The zero-order chi connectivity index (χ0) is 10.6. The number of pyridine rings is 1. The molecule has 0 bridgehead atoms. The predicted molar refractivity (Wildman–Crippen MR) is 50.6 cm³/mol. The second-order valence-corrected chi connectivity index (χ2v) is 3.31. The molecule has 0 spiro atoms. The lowest BCUT2D eigenvalue weighted by Crippen LogP contribution is -2.13. The molecule has 0 saturated heterocycles. The van der Waals surface area contributed by atoms with E-state index in [4.69, 9.17) is 5.11 Å². The number of nitrogens with zero attached hydrogens (tertiary/aromatic N) is 1. The average molecular weight is 195 g/mol. The summed E-state index contributed by atoms with van der Waals surface area (Å²) >= 11 is 0. The predicted octanol–water partition coefficient (Wildman–Crippen LogP) is 1.23. The average Bonchev–Trinajstić information content (AvgIpc) is 2.17. The first kappa shape index (κ1) is 10.7. The smallest absolute Gasteiger partial charge is 0.303 e. The molecule has 0 saturated carbocycles. The second kappa shape index (κ2) is 4.72. The molecule has 0 aliphatic rings. The molecule has 0 aliphatic heterocycles. The zero-order valence-corrected chi connectivity index (χ0v) is 7.92. The molecule has 4 nitrogen and oxygen atoms in total. The Hall–Kier alpha value is -1.42. The first-order chi connectivity index (χ1) is 6.61. The van der Waals surface area contributed by atoms with Crippen LogP contribution >= 0.6 is 0 Å². The fourth-order valence-electron chi connectivity index (χ4n) is 1.27. The van der Waals surface area contributed by atoms with Crippen LogP contribution in [0.1, 0.15) is 25.0 Å². The third-order valence-electron chi connectivity index (χ3n) is 2.06. The molecule has 2 atom stereocenters. The summed E-state index contributed by atoms with van der Waals surface area (Å²) in [5.41, 5.74) is 0.654. The molecule has 76 valence electrons. The Morgan fingerprint density at radius 1 is 1.64 bits per heavy atom. The second-order valence-electron chi connectivity index (χ2n) is 3.31. The molecule has 2 unspecified atom stereocenters. The van der Waals surface area contributed by atoms with Gasteiger partial charge in [0.25, 0.3) is 0 Å². The summed E-state index contributed by atoms with van der Waals surface area (Å²) in [6.07, 6.45) is 2.34. The maximum Gasteiger partial charge on any atom is 0.303 e. The topological polar surface area (TPSA) is 70.4 Å². The van der Waals surface area contributed by atoms with Crippen molar-refractivity contribution in [1.82, 2.24) is 4.98 Å². The standard InChI is InChI=1S/C10H13NO3/c1-7(5-9(12)13)10(14)8-3-2-4-11-6-8/h2-4,6-7,10,14H,5H2,1H3,(H,12,13). The summed E-state index contributed by atoms with van der Waals surface area (Å²) in [6, 6.07) is 3.45. The van der Waals surface area contributed by atoms with Crippen LogP contribution in [0, 0.1) is 5.92 Å². The van der Waals surface area contributed by atoms with E-state index < -0.39 is 12.1 Å². The van der Waals surface area contributed by atoms with Gasteiger partial charge in [0.1, 0.15) is 0 Å². The number of rotatable bonds is 4. The van der Waals surface area contributed by atoms with Crippen molar-refractivity contribution in [3.8, 4) is 0 Å². The Bertz CT molecular complexity index is 299. The monoisotopic (exact) mass is 195 g/mol. The van der Waals surface area contributed by atoms with Gasteiger partial charge in [-0.2, -0.15) is 0 Å². The molecule has 0 radical (unpaired) electrons. The number of carbonyl (C=O) groups is 1. The van der Waals surface area contributed by atoms with Crippen molar-refractivity contribution in [1.29, 1.82) is 0 Å². The Kier molecular flexibility index (Phi) is 3.59. The number of carboxylic acids is 1. The van der Waals surface area contributed by atoms with Crippen molar-refractivity contribution >= 4 is 5.97 Å². The lowest BCUT2D eigenvalue weighted by atomic mass is 9.96. The highest BCUT2D eigenvalue weighted by molar-refractivity contribution is 5.67. The minimum Gasteiger partial charge on any atom is -0.481 e. The number of aliphatic hydroxyl groups excluding tert-OH is 1. The lowest BCUT2D eigenvalue weighted by molar-refractivity contribution is -0.139. The van der Waals surface area contributed by atoms with Gasteiger partial charge >= 0.3 is 5.97 Å². The highest BCUT2D eigenvalue weighted by atomic mass is 16.4. The summed E-state index contributed by atoms with van der Waals surface area (Å²) in [6.45, 7) is 1.70. The van der Waals surface area contributed by atoms with Crippen molar-refractivity contribution in [3.05, 3.63) is 30.1 Å². The van der Waals surface area contributed by atoms with Crippen LogP contribution in [0.15, 0.2) is 24.5 Å². The van der Waals surface area contributed by atoms with E-state index in [9.17, 15) is 9.90 Å². The van der Waals surface area contributed by atoms with Gasteiger partial charge in [0.15, 0.2) is 0 Å². The highest BCUT2D eigenvalue weighted by Gasteiger charge is 2.18. The number of aromatic nitrogens is 1. The van der Waals surface area contributed by atoms with Crippen molar-refractivity contribution in [2.75, 3.05) is 0 Å². The normalized spacial score (nSPS) is 14.7. The van der Waals surface area contributed by atoms with Crippen LogP contribution in [0.4, 0.5) is 0 Å². The number of aliphatic hydroxyl groups is 1. The summed E-state index contributed by atoms with van der Waals surface area (Å²) in [4.78, 5) is 14.3. The fourth-order valence-corrected chi connectivity index (χ4v) is 1.27. The van der Waals surface area contributed by atoms with E-state index in [1.807, 2.05) is 0 Å². The fraction of sp³-hybridized carbons (Fsp3) is 0.400. The number of hydrogen-bond acceptors (Lipinski definition) is 3. The van der Waals surface area contributed by atoms with E-state index in [1.54, 1.807) is 31.5 Å². The Balaban J connectivity index is 2.65. The third kappa shape index (κ3) is 2.81. The van der Waals surface area contributed by atoms with Crippen LogP contribution in [0.5, 0.6) is 0 Å². The van der Waals surface area contributed by atoms with Crippen molar-refractivity contribution in [3.63, 3.8) is 0 Å². The largest absolute Gasteiger partial charge is 0.481 e. The van der Waals surface area contributed by atoms with E-state index in [1.165, 1.54) is 0 Å². The number of hydrogen-bond donors (Lipinski definition) is 2. The first-order valence-electron chi connectivity index (χ1n) is 4.41. The van der Waals surface area contributed by atoms with E-state index in [0.29, 0.717) is 5.56 Å². The van der Waals surface area contributed by atoms with Gasteiger partial charge in [-0.1, -0.05) is 13.0 Å². The maximum absolute atomic E-state index is 10.4. The maximum atomic E-state index is 10.4. The number of carboxylic acid groups (broad SMARTS) is 1. The van der Waals surface area contributed by atoms with Crippen LogP contribution in [-0.2, 0) is 4.79 Å². The van der Waals surface area contributed by atoms with Crippen LogP contribution in [-0.4, -0.2) is 21.2 Å². The molecule has 1 aromatic rings. The number of aliphatic carboxylic acids is 1. The van der Waals surface area contributed by atoms with Gasteiger partial charge in [-0.15, -0.1) is 0 Å². The quantitative estimate of drug-likeness (QED) is 0.758. The molecule has 0 aromatic carbocycles. The van der Waals surface area contributed by atoms with Gasteiger partial charge < -0.3 is 10.2 Å². The van der Waals surface area contributed by atoms with E-state index >= 15 is 0 Å². The Labute approximate surface area is 82.2 Å².